The number of aryl methyl sites for hydroxylation is 3. The lowest BCUT2D eigenvalue weighted by Gasteiger charge is -2.30. The standard InChI is InChI=1S/C29H35N3O2/c1-18-12-19(2)23(20(3)13-18)17-25(30)29(33)32-26-10-11-31-28-24(26)15-22(16-27(28)34-4)14-21-8-6-5-7-9-21/h5-9,12-13,15-16,25-26,31H,10-11,14,17,30H2,1-4H3,(H,32,33). The van der Waals surface area contributed by atoms with Gasteiger partial charge >= 0.3 is 0 Å². The molecule has 2 atom stereocenters. The number of rotatable bonds is 7. The van der Waals surface area contributed by atoms with Crippen molar-refractivity contribution in [2.24, 2.45) is 5.73 Å². The predicted molar refractivity (Wildman–Crippen MR) is 139 cm³/mol. The van der Waals surface area contributed by atoms with Crippen LogP contribution in [0.25, 0.3) is 0 Å². The van der Waals surface area contributed by atoms with Gasteiger partial charge in [0.05, 0.1) is 24.9 Å². The SMILES string of the molecule is COc1cc(Cc2ccccc2)cc2c1NCCC2NC(=O)C(N)Cc1c(C)cc(C)cc1C. The fourth-order valence-corrected chi connectivity index (χ4v) is 5.03. The van der Waals surface area contributed by atoms with E-state index in [1.165, 1.54) is 22.3 Å². The van der Waals surface area contributed by atoms with Crippen LogP contribution in [0.1, 0.15) is 51.4 Å². The highest BCUT2D eigenvalue weighted by Gasteiger charge is 2.27. The summed E-state index contributed by atoms with van der Waals surface area (Å²) in [6.07, 6.45) is 2.13. The maximum absolute atomic E-state index is 13.2. The maximum Gasteiger partial charge on any atom is 0.237 e. The third kappa shape index (κ3) is 5.26. The van der Waals surface area contributed by atoms with Crippen LogP contribution in [-0.4, -0.2) is 25.6 Å². The second kappa shape index (κ2) is 10.3. The molecule has 1 aliphatic heterocycles. The number of nitrogens with two attached hydrogens (primary N) is 1. The van der Waals surface area contributed by atoms with Gasteiger partial charge in [-0.2, -0.15) is 0 Å². The average Bonchev–Trinajstić information content (AvgIpc) is 2.81. The molecule has 2 unspecified atom stereocenters. The summed E-state index contributed by atoms with van der Waals surface area (Å²) >= 11 is 0. The van der Waals surface area contributed by atoms with Gasteiger partial charge in [0, 0.05) is 12.1 Å². The topological polar surface area (TPSA) is 76.4 Å². The Morgan fingerprint density at radius 3 is 2.47 bits per heavy atom. The molecule has 5 nitrogen and oxygen atoms in total. The van der Waals surface area contributed by atoms with Crippen LogP contribution in [0.4, 0.5) is 5.69 Å². The predicted octanol–water partition coefficient (Wildman–Crippen LogP) is 4.75. The number of methoxy groups -OCH3 is 1. The number of carbonyl (C=O) groups excluding carboxylic acids is 1. The number of hydrogen-bond acceptors (Lipinski definition) is 4. The maximum atomic E-state index is 13.2. The molecule has 3 aromatic rings. The van der Waals surface area contributed by atoms with E-state index < -0.39 is 6.04 Å². The first-order valence-electron chi connectivity index (χ1n) is 12.0. The van der Waals surface area contributed by atoms with Gasteiger partial charge in [-0.15, -0.1) is 0 Å². The Labute approximate surface area is 202 Å². The van der Waals surface area contributed by atoms with Crippen LogP contribution in [0, 0.1) is 20.8 Å². The molecule has 0 fully saturated rings. The molecule has 4 N–H and O–H groups in total. The second-order valence-electron chi connectivity index (χ2n) is 9.39. The Morgan fingerprint density at radius 1 is 1.09 bits per heavy atom. The van der Waals surface area contributed by atoms with Crippen molar-refractivity contribution in [3.8, 4) is 5.75 Å². The molecule has 34 heavy (non-hydrogen) atoms. The highest BCUT2D eigenvalue weighted by molar-refractivity contribution is 5.83. The first-order valence-corrected chi connectivity index (χ1v) is 12.0. The number of nitrogens with one attached hydrogen (secondary N) is 2. The van der Waals surface area contributed by atoms with Gasteiger partial charge in [0.25, 0.3) is 0 Å². The summed E-state index contributed by atoms with van der Waals surface area (Å²) in [5, 5.41) is 6.69. The van der Waals surface area contributed by atoms with E-state index in [1.54, 1.807) is 7.11 Å². The van der Waals surface area contributed by atoms with E-state index in [0.29, 0.717) is 6.42 Å². The number of ether oxygens (including phenoxy) is 1. The van der Waals surface area contributed by atoms with Crippen molar-refractivity contribution in [3.05, 3.63) is 93.5 Å². The van der Waals surface area contributed by atoms with Crippen molar-refractivity contribution >= 4 is 11.6 Å². The van der Waals surface area contributed by atoms with Gasteiger partial charge in [-0.25, -0.2) is 0 Å². The normalized spacial score (nSPS) is 15.7. The van der Waals surface area contributed by atoms with Gasteiger partial charge in [-0.1, -0.05) is 54.1 Å². The Hall–Kier alpha value is -3.31. The van der Waals surface area contributed by atoms with Crippen molar-refractivity contribution in [3.63, 3.8) is 0 Å². The van der Waals surface area contributed by atoms with E-state index in [2.05, 4.69) is 79.9 Å². The molecule has 0 saturated heterocycles. The molecule has 178 valence electrons. The Morgan fingerprint density at radius 2 is 1.79 bits per heavy atom. The summed E-state index contributed by atoms with van der Waals surface area (Å²) in [6.45, 7) is 7.02. The van der Waals surface area contributed by atoms with Gasteiger partial charge in [0.15, 0.2) is 0 Å². The van der Waals surface area contributed by atoms with Gasteiger partial charge in [-0.05, 0) is 73.9 Å². The summed E-state index contributed by atoms with van der Waals surface area (Å²) in [6, 6.07) is 18.2. The molecule has 0 aliphatic carbocycles. The monoisotopic (exact) mass is 457 g/mol. The number of benzene rings is 3. The minimum Gasteiger partial charge on any atom is -0.495 e. The van der Waals surface area contributed by atoms with Crippen molar-refractivity contribution in [2.45, 2.75) is 52.1 Å². The van der Waals surface area contributed by atoms with E-state index >= 15 is 0 Å². The molecule has 0 aromatic heterocycles. The van der Waals surface area contributed by atoms with E-state index in [9.17, 15) is 4.79 Å². The van der Waals surface area contributed by atoms with E-state index in [-0.39, 0.29) is 11.9 Å². The minimum absolute atomic E-state index is 0.111. The fraction of sp³-hybridized carbons (Fsp3) is 0.345. The zero-order valence-electron chi connectivity index (χ0n) is 20.6. The Bertz CT molecular complexity index is 1150. The summed E-state index contributed by atoms with van der Waals surface area (Å²) < 4.78 is 5.71. The Kier molecular flexibility index (Phi) is 7.23. The van der Waals surface area contributed by atoms with Crippen LogP contribution in [0.3, 0.4) is 0 Å². The van der Waals surface area contributed by atoms with Crippen molar-refractivity contribution in [1.29, 1.82) is 0 Å². The molecule has 0 spiro atoms. The molecule has 3 aromatic carbocycles. The van der Waals surface area contributed by atoms with Crippen LogP contribution in [-0.2, 0) is 17.6 Å². The van der Waals surface area contributed by atoms with Crippen LogP contribution < -0.4 is 21.1 Å². The molecular weight excluding hydrogens is 422 g/mol. The fourth-order valence-electron chi connectivity index (χ4n) is 5.03. The van der Waals surface area contributed by atoms with Crippen LogP contribution >= 0.6 is 0 Å². The molecule has 1 aliphatic rings. The van der Waals surface area contributed by atoms with Gasteiger partial charge in [-0.3, -0.25) is 4.79 Å². The molecular formula is C29H35N3O2. The van der Waals surface area contributed by atoms with E-state index in [1.807, 2.05) is 6.07 Å². The smallest absolute Gasteiger partial charge is 0.237 e. The largest absolute Gasteiger partial charge is 0.495 e. The van der Waals surface area contributed by atoms with Gasteiger partial charge in [0.1, 0.15) is 5.75 Å². The lowest BCUT2D eigenvalue weighted by atomic mass is 9.92. The van der Waals surface area contributed by atoms with Crippen molar-refractivity contribution in [1.82, 2.24) is 5.32 Å². The number of fused-ring (bicyclic) bond motifs is 1. The van der Waals surface area contributed by atoms with Crippen LogP contribution in [0.5, 0.6) is 5.75 Å². The van der Waals surface area contributed by atoms with Crippen molar-refractivity contribution < 1.29 is 9.53 Å². The Balaban J connectivity index is 1.54. The van der Waals surface area contributed by atoms with Crippen LogP contribution in [0.15, 0.2) is 54.6 Å². The number of amides is 1. The lowest BCUT2D eigenvalue weighted by molar-refractivity contribution is -0.123. The molecule has 0 saturated carbocycles. The number of carbonyl (C=O) groups is 1. The summed E-state index contributed by atoms with van der Waals surface area (Å²) in [7, 11) is 1.69. The lowest BCUT2D eigenvalue weighted by Crippen LogP contribution is -2.44. The summed E-state index contributed by atoms with van der Waals surface area (Å²) in [5.41, 5.74) is 15.5. The molecule has 1 amide bonds. The zero-order chi connectivity index (χ0) is 24.2. The molecule has 1 heterocycles. The first kappa shape index (κ1) is 23.8. The zero-order valence-corrected chi connectivity index (χ0v) is 20.6. The van der Waals surface area contributed by atoms with E-state index in [0.717, 1.165) is 47.5 Å². The average molecular weight is 458 g/mol. The quantitative estimate of drug-likeness (QED) is 0.478. The molecule has 0 radical (unpaired) electrons. The number of anilines is 1. The van der Waals surface area contributed by atoms with Crippen LogP contribution in [0.2, 0.25) is 0 Å². The third-order valence-corrected chi connectivity index (χ3v) is 6.69. The summed E-state index contributed by atoms with van der Waals surface area (Å²) in [5.74, 6) is 0.683. The van der Waals surface area contributed by atoms with E-state index in [4.69, 9.17) is 10.5 Å². The minimum atomic E-state index is -0.604. The van der Waals surface area contributed by atoms with Gasteiger partial charge < -0.3 is 21.1 Å². The van der Waals surface area contributed by atoms with Crippen molar-refractivity contribution in [2.75, 3.05) is 19.0 Å². The van der Waals surface area contributed by atoms with Gasteiger partial charge in [0.2, 0.25) is 5.91 Å². The molecule has 5 heteroatoms. The molecule has 4 rings (SSSR count). The molecule has 0 bridgehead atoms. The summed E-state index contributed by atoms with van der Waals surface area (Å²) in [4.78, 5) is 13.2. The third-order valence-electron chi connectivity index (χ3n) is 6.69. The highest BCUT2D eigenvalue weighted by atomic mass is 16.5. The number of hydrogen-bond donors (Lipinski definition) is 3. The highest BCUT2D eigenvalue weighted by Crippen LogP contribution is 2.38. The second-order valence-corrected chi connectivity index (χ2v) is 9.39. The first-order chi connectivity index (χ1) is 16.4.